The summed E-state index contributed by atoms with van der Waals surface area (Å²) in [6.45, 7) is 9.04. The maximum Gasteiger partial charge on any atom is 0.235 e. The van der Waals surface area contributed by atoms with Crippen molar-refractivity contribution in [3.05, 3.63) is 175 Å². The molecule has 10 rings (SSSR count). The summed E-state index contributed by atoms with van der Waals surface area (Å²) in [4.78, 5) is 10.7. The van der Waals surface area contributed by atoms with E-state index in [1.165, 1.54) is 44.2 Å². The van der Waals surface area contributed by atoms with Crippen LogP contribution in [0.25, 0.3) is 83.2 Å². The molecule has 0 fully saturated rings. The Morgan fingerprint density at radius 3 is 2.13 bits per heavy atom. The minimum absolute atomic E-state index is 0.0149. The van der Waals surface area contributed by atoms with Gasteiger partial charge in [0.05, 0.1) is 27.8 Å². The van der Waals surface area contributed by atoms with Crippen LogP contribution in [-0.2, 0) is 5.41 Å². The summed E-state index contributed by atoms with van der Waals surface area (Å²) in [6, 6.07) is 50.0. The van der Waals surface area contributed by atoms with Crippen molar-refractivity contribution < 1.29 is 0 Å². The number of aromatic nitrogens is 4. The molecule has 9 aromatic rings. The van der Waals surface area contributed by atoms with Gasteiger partial charge in [-0.05, 0) is 84.1 Å². The van der Waals surface area contributed by atoms with Gasteiger partial charge in [0.2, 0.25) is 5.95 Å². The van der Waals surface area contributed by atoms with E-state index >= 15 is 0 Å². The van der Waals surface area contributed by atoms with E-state index in [0.29, 0.717) is 5.95 Å². The Morgan fingerprint density at radius 1 is 0.604 bits per heavy atom. The summed E-state index contributed by atoms with van der Waals surface area (Å²) in [5.74, 6) is 0.662. The van der Waals surface area contributed by atoms with Crippen LogP contribution >= 0.6 is 0 Å². The van der Waals surface area contributed by atoms with E-state index in [9.17, 15) is 0 Å². The summed E-state index contributed by atoms with van der Waals surface area (Å²) >= 11 is 0. The molecule has 1 aliphatic carbocycles. The molecule has 0 atom stereocenters. The average Bonchev–Trinajstić information content (AvgIpc) is 3.84. The van der Waals surface area contributed by atoms with Crippen molar-refractivity contribution in [3.63, 3.8) is 0 Å². The topological polar surface area (TPSA) is 35.6 Å². The Bertz CT molecular complexity index is 2970. The first-order valence-electron chi connectivity index (χ1n) is 18.4. The zero-order chi connectivity index (χ0) is 35.8. The van der Waals surface area contributed by atoms with Crippen LogP contribution in [-0.4, -0.2) is 19.1 Å². The lowest BCUT2D eigenvalue weighted by Crippen LogP contribution is -2.15. The molecular formula is C49H38N4. The highest BCUT2D eigenvalue weighted by molar-refractivity contribution is 6.18. The van der Waals surface area contributed by atoms with Crippen LogP contribution in [0.15, 0.2) is 163 Å². The monoisotopic (exact) mass is 682 g/mol. The fraction of sp³-hybridized carbons (Fsp3) is 0.102. The molecule has 0 aliphatic heterocycles. The van der Waals surface area contributed by atoms with Crippen molar-refractivity contribution in [1.82, 2.24) is 19.1 Å². The molecule has 0 saturated carbocycles. The van der Waals surface area contributed by atoms with Gasteiger partial charge < -0.3 is 4.57 Å². The zero-order valence-electron chi connectivity index (χ0n) is 30.3. The van der Waals surface area contributed by atoms with Gasteiger partial charge in [-0.1, -0.05) is 129 Å². The summed E-state index contributed by atoms with van der Waals surface area (Å²) in [5, 5.41) is 4.55. The molecule has 254 valence electrons. The highest BCUT2D eigenvalue weighted by atomic mass is 15.2. The zero-order valence-corrected chi connectivity index (χ0v) is 30.3. The van der Waals surface area contributed by atoms with E-state index in [4.69, 9.17) is 9.97 Å². The molecular weight excluding hydrogens is 645 g/mol. The number of nitrogens with zero attached hydrogens (tertiary/aromatic N) is 4. The summed E-state index contributed by atoms with van der Waals surface area (Å²) in [6.07, 6.45) is 6.56. The average molecular weight is 683 g/mol. The number of fused-ring (bicyclic) bond motifs is 7. The largest absolute Gasteiger partial charge is 0.316 e. The van der Waals surface area contributed by atoms with Crippen molar-refractivity contribution in [2.75, 3.05) is 0 Å². The number of rotatable bonds is 5. The van der Waals surface area contributed by atoms with Gasteiger partial charge in [-0.3, -0.25) is 4.57 Å². The highest BCUT2D eigenvalue weighted by Gasteiger charge is 2.34. The van der Waals surface area contributed by atoms with Crippen LogP contribution in [0.2, 0.25) is 0 Å². The molecule has 0 amide bonds. The van der Waals surface area contributed by atoms with Crippen molar-refractivity contribution in [2.45, 2.75) is 33.1 Å². The Balaban J connectivity index is 1.13. The number of hydrogen-bond acceptors (Lipinski definition) is 2. The van der Waals surface area contributed by atoms with Gasteiger partial charge in [0.15, 0.2) is 0 Å². The van der Waals surface area contributed by atoms with E-state index in [1.54, 1.807) is 0 Å². The second kappa shape index (κ2) is 11.8. The van der Waals surface area contributed by atoms with Crippen LogP contribution in [0.4, 0.5) is 0 Å². The lowest BCUT2D eigenvalue weighted by atomic mass is 9.81. The van der Waals surface area contributed by atoms with Gasteiger partial charge in [0, 0.05) is 44.4 Å². The van der Waals surface area contributed by atoms with Crippen LogP contribution in [0.3, 0.4) is 0 Å². The molecule has 3 heterocycles. The summed E-state index contributed by atoms with van der Waals surface area (Å²) < 4.78 is 4.52. The van der Waals surface area contributed by atoms with Gasteiger partial charge in [-0.25, -0.2) is 9.97 Å². The third-order valence-electron chi connectivity index (χ3n) is 11.5. The van der Waals surface area contributed by atoms with Gasteiger partial charge >= 0.3 is 0 Å². The van der Waals surface area contributed by atoms with Gasteiger partial charge in [-0.2, -0.15) is 0 Å². The lowest BCUT2D eigenvalue weighted by molar-refractivity contribution is 0.639. The lowest BCUT2D eigenvalue weighted by Gasteiger charge is -2.23. The van der Waals surface area contributed by atoms with Gasteiger partial charge in [-0.15, -0.1) is 0 Å². The first kappa shape index (κ1) is 31.2. The molecule has 0 spiro atoms. The molecule has 6 aromatic carbocycles. The molecule has 0 saturated heterocycles. The SMILES string of the molecule is C/C=C\C1=C(C)C(C)(C)c2cc(-c3ccc(-c4nc(-n5c6ccccc6c6ccc7c(ccn7-c7ccccc7)c65)nc5ccccc45)cc3)ccc21. The van der Waals surface area contributed by atoms with Crippen LogP contribution in [0.1, 0.15) is 38.8 Å². The Kier molecular flexibility index (Phi) is 6.93. The second-order valence-electron chi connectivity index (χ2n) is 14.7. The first-order chi connectivity index (χ1) is 25.9. The molecule has 4 heteroatoms. The van der Waals surface area contributed by atoms with Crippen LogP contribution in [0, 0.1) is 0 Å². The number of para-hydroxylation sites is 3. The Labute approximate surface area is 309 Å². The normalized spacial score (nSPS) is 14.0. The number of hydrogen-bond donors (Lipinski definition) is 0. The standard InChI is InChI=1S/C49H38N4/c1-5-13-36-31(2)49(3,4)42-30-34(24-25-37(36)42)32-20-22-33(23-21-32)46-40-17-9-11-18-43(40)50-48(51-46)53-45-19-12-10-16-38(45)39-26-27-44-41(47(39)53)28-29-52(44)35-14-7-6-8-15-35/h5-30H,1-4H3/b13-5-. The second-order valence-corrected chi connectivity index (χ2v) is 14.7. The highest BCUT2D eigenvalue weighted by Crippen LogP contribution is 2.48. The quantitative estimate of drug-likeness (QED) is 0.181. The molecule has 3 aromatic heterocycles. The van der Waals surface area contributed by atoms with Gasteiger partial charge in [0.1, 0.15) is 0 Å². The van der Waals surface area contributed by atoms with E-state index in [0.717, 1.165) is 49.8 Å². The number of allylic oxidation sites excluding steroid dienone is 4. The van der Waals surface area contributed by atoms with Crippen molar-refractivity contribution >= 4 is 49.2 Å². The fourth-order valence-electron chi connectivity index (χ4n) is 8.50. The van der Waals surface area contributed by atoms with Crippen LogP contribution in [0.5, 0.6) is 0 Å². The van der Waals surface area contributed by atoms with Crippen molar-refractivity contribution in [2.24, 2.45) is 0 Å². The summed E-state index contributed by atoms with van der Waals surface area (Å²) in [7, 11) is 0. The maximum atomic E-state index is 5.42. The first-order valence-corrected chi connectivity index (χ1v) is 18.4. The molecule has 0 bridgehead atoms. The maximum absolute atomic E-state index is 5.42. The van der Waals surface area contributed by atoms with Crippen molar-refractivity contribution in [1.29, 1.82) is 0 Å². The third kappa shape index (κ3) is 4.68. The molecule has 4 nitrogen and oxygen atoms in total. The molecule has 0 unspecified atom stereocenters. The Hall–Kier alpha value is -6.52. The van der Waals surface area contributed by atoms with E-state index in [1.807, 2.05) is 0 Å². The minimum atomic E-state index is -0.0149. The van der Waals surface area contributed by atoms with E-state index in [2.05, 4.69) is 195 Å². The minimum Gasteiger partial charge on any atom is -0.316 e. The predicted molar refractivity (Wildman–Crippen MR) is 222 cm³/mol. The molecule has 0 N–H and O–H groups in total. The van der Waals surface area contributed by atoms with Crippen LogP contribution < -0.4 is 0 Å². The summed E-state index contributed by atoms with van der Waals surface area (Å²) in [5.41, 5.74) is 15.2. The Morgan fingerprint density at radius 2 is 1.32 bits per heavy atom. The van der Waals surface area contributed by atoms with E-state index < -0.39 is 0 Å². The smallest absolute Gasteiger partial charge is 0.235 e. The van der Waals surface area contributed by atoms with Crippen molar-refractivity contribution in [3.8, 4) is 34.0 Å². The predicted octanol–water partition coefficient (Wildman–Crippen LogP) is 12.6. The molecule has 0 radical (unpaired) electrons. The van der Waals surface area contributed by atoms with E-state index in [-0.39, 0.29) is 5.41 Å². The fourth-order valence-corrected chi connectivity index (χ4v) is 8.50. The number of benzene rings is 6. The molecule has 1 aliphatic rings. The third-order valence-corrected chi connectivity index (χ3v) is 11.5. The molecule has 53 heavy (non-hydrogen) atoms. The van der Waals surface area contributed by atoms with Gasteiger partial charge in [0.25, 0.3) is 0 Å².